The normalized spacial score (nSPS) is 14.6. The molecule has 3 heteroatoms. The number of fused-ring (bicyclic) bond motifs is 4. The first kappa shape index (κ1) is 21.5. The monoisotopic (exact) mass is 477 g/mol. The van der Waals surface area contributed by atoms with Crippen molar-refractivity contribution in [3.8, 4) is 11.1 Å². The minimum absolute atomic E-state index is 0.0989. The molecular formula is C34H23NO2. The zero-order valence-electron chi connectivity index (χ0n) is 20.3. The van der Waals surface area contributed by atoms with Crippen LogP contribution >= 0.6 is 0 Å². The first-order chi connectivity index (χ1) is 18.1. The lowest BCUT2D eigenvalue weighted by Crippen LogP contribution is -2.31. The predicted octanol–water partition coefficient (Wildman–Crippen LogP) is 7.54. The first-order valence-electron chi connectivity index (χ1n) is 12.5. The Morgan fingerprint density at radius 2 is 0.946 bits per heavy atom. The van der Waals surface area contributed by atoms with Gasteiger partial charge in [0.2, 0.25) is 0 Å². The van der Waals surface area contributed by atoms with Gasteiger partial charge < -0.3 is 5.32 Å². The van der Waals surface area contributed by atoms with Gasteiger partial charge in [0.05, 0.1) is 0 Å². The molecule has 1 heterocycles. The Morgan fingerprint density at radius 3 is 1.57 bits per heavy atom. The van der Waals surface area contributed by atoms with E-state index in [9.17, 15) is 9.59 Å². The van der Waals surface area contributed by atoms with Crippen LogP contribution in [-0.2, 0) is 5.41 Å². The molecule has 5 aromatic rings. The highest BCUT2D eigenvalue weighted by Gasteiger charge is 2.40. The minimum Gasteiger partial charge on any atom is -0.355 e. The van der Waals surface area contributed by atoms with Gasteiger partial charge in [-0.25, -0.2) is 0 Å². The summed E-state index contributed by atoms with van der Waals surface area (Å²) in [7, 11) is 0. The predicted molar refractivity (Wildman–Crippen MR) is 147 cm³/mol. The Balaban J connectivity index is 1.45. The third-order valence-corrected chi connectivity index (χ3v) is 7.90. The molecule has 0 radical (unpaired) electrons. The van der Waals surface area contributed by atoms with Crippen molar-refractivity contribution >= 4 is 22.9 Å². The van der Waals surface area contributed by atoms with Crippen molar-refractivity contribution in [3.63, 3.8) is 0 Å². The van der Waals surface area contributed by atoms with Crippen LogP contribution in [0, 0.1) is 0 Å². The van der Waals surface area contributed by atoms with E-state index in [0.717, 1.165) is 28.1 Å². The van der Waals surface area contributed by atoms with Crippen molar-refractivity contribution in [1.82, 2.24) is 0 Å². The van der Waals surface area contributed by atoms with Gasteiger partial charge in [-0.3, -0.25) is 9.59 Å². The maximum absolute atomic E-state index is 13.5. The topological polar surface area (TPSA) is 46.2 Å². The molecule has 0 aromatic heterocycles. The van der Waals surface area contributed by atoms with Gasteiger partial charge >= 0.3 is 0 Å². The Kier molecular flexibility index (Phi) is 4.58. The molecule has 176 valence electrons. The zero-order valence-corrected chi connectivity index (χ0v) is 20.3. The second-order valence-corrected chi connectivity index (χ2v) is 9.85. The van der Waals surface area contributed by atoms with Gasteiger partial charge in [0, 0.05) is 39.0 Å². The van der Waals surface area contributed by atoms with E-state index >= 15 is 0 Å². The van der Waals surface area contributed by atoms with E-state index in [1.807, 2.05) is 24.3 Å². The number of anilines is 2. The molecule has 1 N–H and O–H groups in total. The number of benzene rings is 5. The molecule has 0 saturated carbocycles. The lowest BCUT2D eigenvalue weighted by Gasteiger charge is -2.40. The highest BCUT2D eigenvalue weighted by Crippen LogP contribution is 2.51. The van der Waals surface area contributed by atoms with Crippen LogP contribution in [0.25, 0.3) is 11.1 Å². The Morgan fingerprint density at radius 1 is 0.486 bits per heavy atom. The summed E-state index contributed by atoms with van der Waals surface area (Å²) in [6.07, 6.45) is 0. The lowest BCUT2D eigenvalue weighted by molar-refractivity contribution is 0.0979. The first-order valence-corrected chi connectivity index (χ1v) is 12.5. The number of carbonyl (C=O) groups is 2. The molecule has 2 aliphatic rings. The van der Waals surface area contributed by atoms with E-state index in [2.05, 4.69) is 79.0 Å². The van der Waals surface area contributed by atoms with Crippen molar-refractivity contribution in [2.45, 2.75) is 12.3 Å². The smallest absolute Gasteiger partial charge is 0.194 e. The molecule has 0 bridgehead atoms. The zero-order chi connectivity index (χ0) is 25.1. The van der Waals surface area contributed by atoms with E-state index < -0.39 is 5.41 Å². The van der Waals surface area contributed by atoms with Crippen molar-refractivity contribution < 1.29 is 9.59 Å². The molecule has 0 saturated heterocycles. The average molecular weight is 478 g/mol. The summed E-state index contributed by atoms with van der Waals surface area (Å²) < 4.78 is 0. The molecule has 0 spiro atoms. The second kappa shape index (κ2) is 7.87. The van der Waals surface area contributed by atoms with Crippen LogP contribution in [-0.4, -0.2) is 11.6 Å². The van der Waals surface area contributed by atoms with Crippen LogP contribution in [0.15, 0.2) is 115 Å². The van der Waals surface area contributed by atoms with Crippen LogP contribution in [0.3, 0.4) is 0 Å². The number of hydrogen-bond donors (Lipinski definition) is 1. The van der Waals surface area contributed by atoms with Crippen molar-refractivity contribution in [1.29, 1.82) is 0 Å². The number of carbonyl (C=O) groups excluding carboxylic acids is 2. The van der Waals surface area contributed by atoms with Gasteiger partial charge in [-0.1, -0.05) is 91.0 Å². The third-order valence-electron chi connectivity index (χ3n) is 7.90. The fourth-order valence-corrected chi connectivity index (χ4v) is 6.07. The van der Waals surface area contributed by atoms with Crippen LogP contribution in [0.1, 0.15) is 55.5 Å². The second-order valence-electron chi connectivity index (χ2n) is 9.85. The van der Waals surface area contributed by atoms with E-state index in [1.54, 1.807) is 24.3 Å². The molecule has 1 aliphatic heterocycles. The van der Waals surface area contributed by atoms with Gasteiger partial charge in [0.25, 0.3) is 0 Å². The van der Waals surface area contributed by atoms with Gasteiger partial charge in [0.15, 0.2) is 11.6 Å². The molecule has 0 unspecified atom stereocenters. The van der Waals surface area contributed by atoms with E-state index in [1.165, 1.54) is 11.1 Å². The fraction of sp³-hybridized carbons (Fsp3) is 0.0588. The summed E-state index contributed by atoms with van der Waals surface area (Å²) in [6.45, 7) is 2.27. The van der Waals surface area contributed by atoms with Crippen molar-refractivity contribution in [2.24, 2.45) is 0 Å². The standard InChI is InChI=1S/C34H23NO2/c1-34(28-14-6-8-16-30(28)35-31-17-9-7-15-29(31)34)27-13-5-4-10-22(27)21-18-19-25-26(20-21)33(37)24-12-3-2-11-23(24)32(25)36/h2-20,35H,1H3. The van der Waals surface area contributed by atoms with Gasteiger partial charge in [-0.2, -0.15) is 0 Å². The highest BCUT2D eigenvalue weighted by molar-refractivity contribution is 6.28. The summed E-state index contributed by atoms with van der Waals surface area (Å²) in [5.41, 5.74) is 9.11. The third kappa shape index (κ3) is 3.01. The molecule has 0 fully saturated rings. The van der Waals surface area contributed by atoms with Crippen LogP contribution < -0.4 is 5.32 Å². The van der Waals surface area contributed by atoms with Crippen LogP contribution in [0.2, 0.25) is 0 Å². The molecular weight excluding hydrogens is 454 g/mol. The number of nitrogens with one attached hydrogen (secondary N) is 1. The number of ketones is 2. The molecule has 3 nitrogen and oxygen atoms in total. The SMILES string of the molecule is CC1(c2ccccc2-c2ccc3c(c2)C(=O)c2ccccc2C3=O)c2ccccc2Nc2ccccc21. The Bertz CT molecular complexity index is 1720. The van der Waals surface area contributed by atoms with E-state index in [0.29, 0.717) is 22.3 Å². The molecule has 0 amide bonds. The summed E-state index contributed by atoms with van der Waals surface area (Å²) in [5.74, 6) is -0.202. The quantitative estimate of drug-likeness (QED) is 0.280. The molecule has 7 rings (SSSR count). The summed E-state index contributed by atoms with van der Waals surface area (Å²) in [6, 6.07) is 38.0. The van der Waals surface area contributed by atoms with Gasteiger partial charge in [-0.05, 0) is 59.0 Å². The Hall–Kier alpha value is -4.76. The summed E-state index contributed by atoms with van der Waals surface area (Å²) in [5, 5.41) is 3.60. The lowest BCUT2D eigenvalue weighted by atomic mass is 9.66. The van der Waals surface area contributed by atoms with Gasteiger partial charge in [-0.15, -0.1) is 0 Å². The van der Waals surface area contributed by atoms with E-state index in [4.69, 9.17) is 0 Å². The molecule has 0 atom stereocenters. The summed E-state index contributed by atoms with van der Waals surface area (Å²) >= 11 is 0. The maximum atomic E-state index is 13.5. The molecule has 37 heavy (non-hydrogen) atoms. The van der Waals surface area contributed by atoms with Gasteiger partial charge in [0.1, 0.15) is 0 Å². The number of rotatable bonds is 2. The van der Waals surface area contributed by atoms with Crippen molar-refractivity contribution in [2.75, 3.05) is 5.32 Å². The highest BCUT2D eigenvalue weighted by atomic mass is 16.1. The van der Waals surface area contributed by atoms with Crippen molar-refractivity contribution in [3.05, 3.63) is 154 Å². The van der Waals surface area contributed by atoms with E-state index in [-0.39, 0.29) is 11.6 Å². The maximum Gasteiger partial charge on any atom is 0.194 e. The molecule has 5 aromatic carbocycles. The molecule has 1 aliphatic carbocycles. The minimum atomic E-state index is -0.433. The van der Waals surface area contributed by atoms with Crippen LogP contribution in [0.5, 0.6) is 0 Å². The summed E-state index contributed by atoms with van der Waals surface area (Å²) in [4.78, 5) is 26.6. The largest absolute Gasteiger partial charge is 0.355 e. The Labute approximate surface area is 215 Å². The number of hydrogen-bond acceptors (Lipinski definition) is 3. The number of para-hydroxylation sites is 2. The average Bonchev–Trinajstić information content (AvgIpc) is 2.96. The fourth-order valence-electron chi connectivity index (χ4n) is 6.07. The van der Waals surface area contributed by atoms with Crippen LogP contribution in [0.4, 0.5) is 11.4 Å².